The second-order valence-corrected chi connectivity index (χ2v) is 9.02. The van der Waals surface area contributed by atoms with Crippen molar-refractivity contribution in [1.29, 1.82) is 0 Å². The third-order valence-electron chi connectivity index (χ3n) is 4.28. The van der Waals surface area contributed by atoms with Crippen molar-refractivity contribution in [2.24, 2.45) is 5.10 Å². The van der Waals surface area contributed by atoms with Gasteiger partial charge in [0.05, 0.1) is 33.6 Å². The van der Waals surface area contributed by atoms with Gasteiger partial charge in [0.25, 0.3) is 5.91 Å². The summed E-state index contributed by atoms with van der Waals surface area (Å²) in [6, 6.07) is 11.9. The van der Waals surface area contributed by atoms with Crippen LogP contribution >= 0.6 is 15.9 Å². The van der Waals surface area contributed by atoms with Gasteiger partial charge in [-0.25, -0.2) is 10.2 Å². The molecule has 0 aliphatic carbocycles. The summed E-state index contributed by atoms with van der Waals surface area (Å²) in [5.41, 5.74) is 3.30. The molecule has 0 unspecified atom stereocenters. The van der Waals surface area contributed by atoms with Crippen LogP contribution in [0.5, 0.6) is 11.5 Å². The lowest BCUT2D eigenvalue weighted by Gasteiger charge is -2.22. The van der Waals surface area contributed by atoms with Gasteiger partial charge in [0.1, 0.15) is 11.6 Å². The number of nitrogens with zero attached hydrogens (tertiary/aromatic N) is 1. The molecule has 2 amide bonds. The summed E-state index contributed by atoms with van der Waals surface area (Å²) in [5, 5.41) is 6.54. The molecule has 0 saturated carbocycles. The Morgan fingerprint density at radius 1 is 1.09 bits per heavy atom. The number of ether oxygens (including phenoxy) is 4. The van der Waals surface area contributed by atoms with E-state index in [1.165, 1.54) is 20.4 Å². The molecule has 9 nitrogen and oxygen atoms in total. The van der Waals surface area contributed by atoms with Gasteiger partial charge < -0.3 is 24.3 Å². The standard InChI is InChI=1S/C24H30BrN3O6/c1-24(2,3)34-23(30)27-19(15-33-14-16-9-7-6-8-10-16)22(29)28-26-13-17-11-20(31-4)21(32-5)12-18(17)25/h6-13,19H,14-15H2,1-5H3,(H,27,30)(H,28,29)/b26-13-/t19-/m0/s1. The number of methoxy groups -OCH3 is 2. The molecule has 184 valence electrons. The largest absolute Gasteiger partial charge is 0.493 e. The minimum atomic E-state index is -1.02. The molecule has 0 aromatic heterocycles. The van der Waals surface area contributed by atoms with Gasteiger partial charge >= 0.3 is 6.09 Å². The van der Waals surface area contributed by atoms with Gasteiger partial charge in [-0.3, -0.25) is 4.79 Å². The topological polar surface area (TPSA) is 107 Å². The predicted octanol–water partition coefficient (Wildman–Crippen LogP) is 4.03. The second kappa shape index (κ2) is 13.0. The maximum Gasteiger partial charge on any atom is 0.408 e. The second-order valence-electron chi connectivity index (χ2n) is 8.16. The molecule has 0 aliphatic rings. The van der Waals surface area contributed by atoms with Crippen molar-refractivity contribution in [3.05, 3.63) is 58.1 Å². The number of halogens is 1. The van der Waals surface area contributed by atoms with Gasteiger partial charge in [0, 0.05) is 10.0 Å². The predicted molar refractivity (Wildman–Crippen MR) is 132 cm³/mol. The molecule has 1 atom stereocenters. The van der Waals surface area contributed by atoms with Gasteiger partial charge in [-0.15, -0.1) is 0 Å². The number of alkyl carbamates (subject to hydrolysis) is 1. The number of carbonyl (C=O) groups is 2. The lowest BCUT2D eigenvalue weighted by Crippen LogP contribution is -2.49. The Labute approximate surface area is 207 Å². The van der Waals surface area contributed by atoms with Crippen LogP contribution in [0, 0.1) is 0 Å². The molecule has 2 aromatic carbocycles. The van der Waals surface area contributed by atoms with Crippen LogP contribution in [0.3, 0.4) is 0 Å². The van der Waals surface area contributed by atoms with Crippen molar-refractivity contribution >= 4 is 34.1 Å². The summed E-state index contributed by atoms with van der Waals surface area (Å²) >= 11 is 3.43. The molecule has 0 spiro atoms. The Hall–Kier alpha value is -3.11. The monoisotopic (exact) mass is 535 g/mol. The highest BCUT2D eigenvalue weighted by molar-refractivity contribution is 9.10. The summed E-state index contributed by atoms with van der Waals surface area (Å²) in [6.07, 6.45) is 0.710. The minimum absolute atomic E-state index is 0.0739. The number of hydrazone groups is 1. The van der Waals surface area contributed by atoms with Crippen molar-refractivity contribution in [2.45, 2.75) is 39.0 Å². The van der Waals surface area contributed by atoms with Crippen molar-refractivity contribution in [3.63, 3.8) is 0 Å². The molecule has 0 saturated heterocycles. The van der Waals surface area contributed by atoms with Crippen molar-refractivity contribution in [1.82, 2.24) is 10.7 Å². The lowest BCUT2D eigenvalue weighted by molar-refractivity contribution is -0.124. The average Bonchev–Trinajstić information content (AvgIpc) is 2.78. The molecule has 2 aromatic rings. The molecule has 34 heavy (non-hydrogen) atoms. The summed E-state index contributed by atoms with van der Waals surface area (Å²) in [7, 11) is 3.06. The van der Waals surface area contributed by atoms with Gasteiger partial charge in [-0.2, -0.15) is 5.10 Å². The average molecular weight is 536 g/mol. The third-order valence-corrected chi connectivity index (χ3v) is 4.97. The molecule has 0 bridgehead atoms. The SMILES string of the molecule is COc1cc(Br)c(/C=N\NC(=O)[C@H](COCc2ccccc2)NC(=O)OC(C)(C)C)cc1OC. The van der Waals surface area contributed by atoms with Crippen LogP contribution in [-0.2, 0) is 20.9 Å². The van der Waals surface area contributed by atoms with E-state index in [9.17, 15) is 9.59 Å². The van der Waals surface area contributed by atoms with Crippen LogP contribution in [-0.4, -0.2) is 50.7 Å². The van der Waals surface area contributed by atoms with E-state index in [-0.39, 0.29) is 13.2 Å². The summed E-state index contributed by atoms with van der Waals surface area (Å²) < 4.78 is 22.1. The Morgan fingerprint density at radius 2 is 1.74 bits per heavy atom. The molecule has 2 rings (SSSR count). The van der Waals surface area contributed by atoms with Crippen molar-refractivity contribution in [2.75, 3.05) is 20.8 Å². The molecular weight excluding hydrogens is 506 g/mol. The number of hydrogen-bond donors (Lipinski definition) is 2. The molecular formula is C24H30BrN3O6. The van der Waals surface area contributed by atoms with E-state index in [0.29, 0.717) is 21.5 Å². The number of amides is 2. The van der Waals surface area contributed by atoms with Crippen LogP contribution in [0.2, 0.25) is 0 Å². The highest BCUT2D eigenvalue weighted by atomic mass is 79.9. The zero-order valence-electron chi connectivity index (χ0n) is 19.9. The van der Waals surface area contributed by atoms with Crippen molar-refractivity contribution < 1.29 is 28.5 Å². The fraction of sp³-hybridized carbons (Fsp3) is 0.375. The highest BCUT2D eigenvalue weighted by Crippen LogP contribution is 2.32. The van der Waals surface area contributed by atoms with Crippen LogP contribution < -0.4 is 20.2 Å². The van der Waals surface area contributed by atoms with Crippen LogP contribution in [0.25, 0.3) is 0 Å². The minimum Gasteiger partial charge on any atom is -0.493 e. The summed E-state index contributed by atoms with van der Waals surface area (Å²) in [6.45, 7) is 5.41. The first kappa shape index (κ1) is 27.1. The molecule has 0 heterocycles. The lowest BCUT2D eigenvalue weighted by atomic mass is 10.2. The van der Waals surface area contributed by atoms with Crippen LogP contribution in [0.1, 0.15) is 31.9 Å². The molecule has 2 N–H and O–H groups in total. The first-order valence-electron chi connectivity index (χ1n) is 10.5. The first-order valence-corrected chi connectivity index (χ1v) is 11.3. The molecule has 10 heteroatoms. The number of carbonyl (C=O) groups excluding carboxylic acids is 2. The fourth-order valence-corrected chi connectivity index (χ4v) is 3.14. The van der Waals surface area contributed by atoms with Gasteiger partial charge in [0.2, 0.25) is 0 Å². The maximum absolute atomic E-state index is 12.8. The van der Waals surface area contributed by atoms with E-state index in [0.717, 1.165) is 5.56 Å². The molecule has 0 aliphatic heterocycles. The number of benzene rings is 2. The zero-order valence-corrected chi connectivity index (χ0v) is 21.5. The highest BCUT2D eigenvalue weighted by Gasteiger charge is 2.24. The fourth-order valence-electron chi connectivity index (χ4n) is 2.71. The Balaban J connectivity index is 2.06. The number of nitrogens with one attached hydrogen (secondary N) is 2. The Morgan fingerprint density at radius 3 is 2.35 bits per heavy atom. The normalized spacial score (nSPS) is 12.2. The van der Waals surface area contributed by atoms with Gasteiger partial charge in [-0.1, -0.05) is 30.3 Å². The van der Waals surface area contributed by atoms with E-state index < -0.39 is 23.6 Å². The Bertz CT molecular complexity index is 992. The van der Waals surface area contributed by atoms with Crippen LogP contribution in [0.15, 0.2) is 52.0 Å². The molecule has 0 fully saturated rings. The van der Waals surface area contributed by atoms with E-state index in [2.05, 4.69) is 31.8 Å². The third kappa shape index (κ3) is 9.03. The number of hydrogen-bond acceptors (Lipinski definition) is 7. The smallest absolute Gasteiger partial charge is 0.408 e. The van der Waals surface area contributed by atoms with Gasteiger partial charge in [-0.05, 0) is 54.4 Å². The zero-order chi connectivity index (χ0) is 25.1. The quantitative estimate of drug-likeness (QED) is 0.351. The summed E-state index contributed by atoms with van der Waals surface area (Å²) in [5.74, 6) is 0.497. The molecule has 0 radical (unpaired) electrons. The van der Waals surface area contributed by atoms with E-state index in [4.69, 9.17) is 18.9 Å². The Kier molecular flexibility index (Phi) is 10.3. The van der Waals surface area contributed by atoms with E-state index in [1.807, 2.05) is 30.3 Å². The van der Waals surface area contributed by atoms with E-state index in [1.54, 1.807) is 32.9 Å². The first-order chi connectivity index (χ1) is 16.1. The van der Waals surface area contributed by atoms with Crippen molar-refractivity contribution in [3.8, 4) is 11.5 Å². The maximum atomic E-state index is 12.8. The van der Waals surface area contributed by atoms with Gasteiger partial charge in [0.15, 0.2) is 11.5 Å². The number of rotatable bonds is 10. The summed E-state index contributed by atoms with van der Waals surface area (Å²) in [4.78, 5) is 25.0. The van der Waals surface area contributed by atoms with Crippen LogP contribution in [0.4, 0.5) is 4.79 Å². The van der Waals surface area contributed by atoms with E-state index >= 15 is 0 Å².